The van der Waals surface area contributed by atoms with E-state index in [2.05, 4.69) is 32.9 Å². The van der Waals surface area contributed by atoms with Crippen molar-refractivity contribution in [2.24, 2.45) is 0 Å². The van der Waals surface area contributed by atoms with Crippen molar-refractivity contribution in [3.63, 3.8) is 0 Å². The fraction of sp³-hybridized carbons (Fsp3) is 0.911. The zero-order valence-corrected chi connectivity index (χ0v) is 41.9. The monoisotopic (exact) mass is 875 g/mol. The fourth-order valence-electron chi connectivity index (χ4n) is 8.32. The number of rotatable bonds is 51. The van der Waals surface area contributed by atoms with Gasteiger partial charge in [-0.25, -0.2) is 0 Å². The van der Waals surface area contributed by atoms with Gasteiger partial charge in [0.1, 0.15) is 13.2 Å². The summed E-state index contributed by atoms with van der Waals surface area (Å²) in [6.45, 7) is 6.66. The van der Waals surface area contributed by atoms with E-state index in [1.165, 1.54) is 205 Å². The van der Waals surface area contributed by atoms with Crippen LogP contribution in [-0.4, -0.2) is 37.2 Å². The first kappa shape index (κ1) is 60.2. The van der Waals surface area contributed by atoms with Crippen molar-refractivity contribution in [3.8, 4) is 0 Å². The lowest BCUT2D eigenvalue weighted by Crippen LogP contribution is -2.30. The molecule has 0 rings (SSSR count). The lowest BCUT2D eigenvalue weighted by Gasteiger charge is -2.18. The van der Waals surface area contributed by atoms with Gasteiger partial charge in [0.15, 0.2) is 6.10 Å². The minimum absolute atomic E-state index is 0.0667. The molecule has 0 aromatic rings. The molecule has 0 N–H and O–H groups in total. The van der Waals surface area contributed by atoms with Gasteiger partial charge >= 0.3 is 17.9 Å². The Morgan fingerprint density at radius 2 is 0.532 bits per heavy atom. The predicted octanol–water partition coefficient (Wildman–Crippen LogP) is 18.2. The predicted molar refractivity (Wildman–Crippen MR) is 266 cm³/mol. The summed E-state index contributed by atoms with van der Waals surface area (Å²) in [5.41, 5.74) is 0. The molecule has 0 aliphatic heterocycles. The summed E-state index contributed by atoms with van der Waals surface area (Å²) in [6.07, 6.45) is 57.7. The topological polar surface area (TPSA) is 78.9 Å². The van der Waals surface area contributed by atoms with Crippen LogP contribution in [0.5, 0.6) is 0 Å². The molecule has 0 fully saturated rings. The zero-order valence-electron chi connectivity index (χ0n) is 41.9. The van der Waals surface area contributed by atoms with Gasteiger partial charge in [0, 0.05) is 19.3 Å². The van der Waals surface area contributed by atoms with E-state index in [-0.39, 0.29) is 31.1 Å². The van der Waals surface area contributed by atoms with Crippen LogP contribution in [0.2, 0.25) is 0 Å². The second-order valence-electron chi connectivity index (χ2n) is 18.9. The van der Waals surface area contributed by atoms with Crippen LogP contribution < -0.4 is 0 Å². The molecule has 0 unspecified atom stereocenters. The Labute approximate surface area is 386 Å². The number of hydrogen-bond donors (Lipinski definition) is 0. The van der Waals surface area contributed by atoms with E-state index in [1.807, 2.05) is 0 Å². The molecule has 0 heterocycles. The van der Waals surface area contributed by atoms with Gasteiger partial charge in [-0.05, 0) is 44.9 Å². The van der Waals surface area contributed by atoms with Crippen LogP contribution in [0.1, 0.15) is 310 Å². The highest BCUT2D eigenvalue weighted by Crippen LogP contribution is 2.17. The molecule has 0 radical (unpaired) electrons. The highest BCUT2D eigenvalue weighted by atomic mass is 16.6. The first-order valence-electron chi connectivity index (χ1n) is 27.7. The number of allylic oxidation sites excluding steroid dienone is 2. The van der Waals surface area contributed by atoms with Gasteiger partial charge in [-0.3, -0.25) is 14.4 Å². The molecule has 0 spiro atoms. The van der Waals surface area contributed by atoms with Gasteiger partial charge in [-0.1, -0.05) is 258 Å². The van der Waals surface area contributed by atoms with Crippen molar-refractivity contribution in [1.82, 2.24) is 0 Å². The van der Waals surface area contributed by atoms with Gasteiger partial charge in [-0.2, -0.15) is 0 Å². The number of hydrogen-bond acceptors (Lipinski definition) is 6. The molecule has 0 amide bonds. The van der Waals surface area contributed by atoms with Gasteiger partial charge in [0.05, 0.1) is 0 Å². The third kappa shape index (κ3) is 49.2. The van der Waals surface area contributed by atoms with Crippen LogP contribution in [-0.2, 0) is 28.6 Å². The van der Waals surface area contributed by atoms with Crippen molar-refractivity contribution in [2.45, 2.75) is 316 Å². The van der Waals surface area contributed by atoms with E-state index < -0.39 is 6.10 Å². The second kappa shape index (κ2) is 51.8. The maximum Gasteiger partial charge on any atom is 0.306 e. The lowest BCUT2D eigenvalue weighted by atomic mass is 10.0. The molecule has 0 saturated heterocycles. The standard InChI is InChI=1S/C56H106O6/c1-4-7-10-13-16-19-22-25-27-29-31-34-37-40-43-46-49-55(58)61-52-53(51-60-54(57)48-45-42-39-36-33-24-21-18-15-12-9-6-3)62-56(59)50-47-44-41-38-35-32-30-28-26-23-20-17-14-11-8-5-2/h18,21,53H,4-17,19-20,22-52H2,1-3H3/b21-18-/t53-/m1/s1. The molecule has 1 atom stereocenters. The summed E-state index contributed by atoms with van der Waals surface area (Å²) < 4.78 is 16.8. The number of esters is 3. The maximum absolute atomic E-state index is 12.8. The number of ether oxygens (including phenoxy) is 3. The average molecular weight is 875 g/mol. The van der Waals surface area contributed by atoms with Crippen molar-refractivity contribution in [3.05, 3.63) is 12.2 Å². The van der Waals surface area contributed by atoms with E-state index in [0.717, 1.165) is 64.2 Å². The maximum atomic E-state index is 12.8. The fourth-order valence-corrected chi connectivity index (χ4v) is 8.32. The molecule has 62 heavy (non-hydrogen) atoms. The minimum Gasteiger partial charge on any atom is -0.462 e. The average Bonchev–Trinajstić information content (AvgIpc) is 3.27. The molecule has 366 valence electrons. The largest absolute Gasteiger partial charge is 0.462 e. The Balaban J connectivity index is 4.30. The van der Waals surface area contributed by atoms with E-state index in [9.17, 15) is 14.4 Å². The quantitative estimate of drug-likeness (QED) is 0.0262. The summed E-state index contributed by atoms with van der Waals surface area (Å²) in [5, 5.41) is 0. The first-order valence-corrected chi connectivity index (χ1v) is 27.7. The van der Waals surface area contributed by atoms with Crippen LogP contribution in [0, 0.1) is 0 Å². The Hall–Kier alpha value is -1.85. The highest BCUT2D eigenvalue weighted by molar-refractivity contribution is 5.71. The van der Waals surface area contributed by atoms with Crippen molar-refractivity contribution >= 4 is 17.9 Å². The molecule has 0 aliphatic rings. The van der Waals surface area contributed by atoms with Crippen LogP contribution >= 0.6 is 0 Å². The summed E-state index contributed by atoms with van der Waals surface area (Å²) in [5.74, 6) is -0.855. The molecular formula is C56H106O6. The summed E-state index contributed by atoms with van der Waals surface area (Å²) in [4.78, 5) is 38.0. The van der Waals surface area contributed by atoms with Crippen LogP contribution in [0.4, 0.5) is 0 Å². The van der Waals surface area contributed by atoms with Crippen LogP contribution in [0.25, 0.3) is 0 Å². The van der Waals surface area contributed by atoms with Gasteiger partial charge in [0.25, 0.3) is 0 Å². The third-order valence-corrected chi connectivity index (χ3v) is 12.5. The van der Waals surface area contributed by atoms with E-state index in [4.69, 9.17) is 14.2 Å². The molecular weight excluding hydrogens is 769 g/mol. The number of carbonyl (C=O) groups excluding carboxylic acids is 3. The Bertz CT molecular complexity index is 962. The second-order valence-corrected chi connectivity index (χ2v) is 18.9. The Morgan fingerprint density at radius 1 is 0.306 bits per heavy atom. The third-order valence-electron chi connectivity index (χ3n) is 12.5. The van der Waals surface area contributed by atoms with Gasteiger partial charge in [-0.15, -0.1) is 0 Å². The Kier molecular flexibility index (Phi) is 50.2. The normalized spacial score (nSPS) is 12.0. The smallest absolute Gasteiger partial charge is 0.306 e. The van der Waals surface area contributed by atoms with Crippen molar-refractivity contribution in [2.75, 3.05) is 13.2 Å². The number of carbonyl (C=O) groups is 3. The molecule has 0 aliphatic carbocycles. The van der Waals surface area contributed by atoms with Crippen molar-refractivity contribution in [1.29, 1.82) is 0 Å². The van der Waals surface area contributed by atoms with Gasteiger partial charge in [0.2, 0.25) is 0 Å². The minimum atomic E-state index is -0.766. The highest BCUT2D eigenvalue weighted by Gasteiger charge is 2.19. The number of unbranched alkanes of at least 4 members (excludes halogenated alkanes) is 38. The van der Waals surface area contributed by atoms with E-state index in [1.54, 1.807) is 0 Å². The van der Waals surface area contributed by atoms with E-state index >= 15 is 0 Å². The lowest BCUT2D eigenvalue weighted by molar-refractivity contribution is -0.167. The molecule has 6 nitrogen and oxygen atoms in total. The molecule has 0 aromatic heterocycles. The summed E-state index contributed by atoms with van der Waals surface area (Å²) >= 11 is 0. The Morgan fingerprint density at radius 3 is 0.839 bits per heavy atom. The van der Waals surface area contributed by atoms with Gasteiger partial charge < -0.3 is 14.2 Å². The van der Waals surface area contributed by atoms with Crippen LogP contribution in [0.3, 0.4) is 0 Å². The summed E-state index contributed by atoms with van der Waals surface area (Å²) in [7, 11) is 0. The SMILES string of the molecule is CCCCC/C=C\CCCCCCCC(=O)OC[C@H](COC(=O)CCCCCCCCCCCCCCCCCC)OC(=O)CCCCCCCCCCCCCCCCCC. The summed E-state index contributed by atoms with van der Waals surface area (Å²) in [6, 6.07) is 0. The molecule has 6 heteroatoms. The van der Waals surface area contributed by atoms with Crippen molar-refractivity contribution < 1.29 is 28.6 Å². The zero-order chi connectivity index (χ0) is 45.1. The van der Waals surface area contributed by atoms with Crippen LogP contribution in [0.15, 0.2) is 12.2 Å². The molecule has 0 saturated carbocycles. The molecule has 0 bridgehead atoms. The molecule has 0 aromatic carbocycles. The first-order chi connectivity index (χ1) is 30.5. The van der Waals surface area contributed by atoms with E-state index in [0.29, 0.717) is 19.3 Å².